The van der Waals surface area contributed by atoms with Crippen LogP contribution in [0.25, 0.3) is 5.57 Å². The highest BCUT2D eigenvalue weighted by Crippen LogP contribution is 2.29. The van der Waals surface area contributed by atoms with Crippen molar-refractivity contribution in [3.8, 4) is 0 Å². The number of thiophene rings is 1. The Hall–Kier alpha value is -0.560. The minimum atomic E-state index is 0.270. The van der Waals surface area contributed by atoms with Gasteiger partial charge in [-0.3, -0.25) is 0 Å². The molecular weight excluding hydrogens is 188 g/mol. The van der Waals surface area contributed by atoms with Gasteiger partial charge in [0.1, 0.15) is 0 Å². The largest absolute Gasteiger partial charge is 0.145 e. The van der Waals surface area contributed by atoms with Gasteiger partial charge in [0, 0.05) is 9.75 Å². The summed E-state index contributed by atoms with van der Waals surface area (Å²) in [7, 11) is 0. The van der Waals surface area contributed by atoms with Gasteiger partial charge in [0.05, 0.1) is 0 Å². The fourth-order valence-corrected chi connectivity index (χ4v) is 2.74. The van der Waals surface area contributed by atoms with Crippen LogP contribution in [0.5, 0.6) is 0 Å². The second-order valence-electron chi connectivity index (χ2n) is 5.02. The summed E-state index contributed by atoms with van der Waals surface area (Å²) in [5, 5.41) is 0. The highest BCUT2D eigenvalue weighted by atomic mass is 32.1. The van der Waals surface area contributed by atoms with E-state index in [9.17, 15) is 0 Å². The molecule has 0 bridgehead atoms. The summed E-state index contributed by atoms with van der Waals surface area (Å²) >= 11 is 1.88. The van der Waals surface area contributed by atoms with Crippen LogP contribution in [0.1, 0.15) is 43.0 Å². The smallest absolute Gasteiger partial charge is 0.00919 e. The van der Waals surface area contributed by atoms with Crippen molar-refractivity contribution in [2.75, 3.05) is 0 Å². The molecule has 0 atom stereocenters. The first-order valence-corrected chi connectivity index (χ1v) is 5.88. The Morgan fingerprint density at radius 1 is 1.29 bits per heavy atom. The molecule has 0 aliphatic carbocycles. The Morgan fingerprint density at radius 2 is 1.86 bits per heavy atom. The lowest BCUT2D eigenvalue weighted by Gasteiger charge is -2.14. The quantitative estimate of drug-likeness (QED) is 0.621. The van der Waals surface area contributed by atoms with Gasteiger partial charge in [0.15, 0.2) is 0 Å². The van der Waals surface area contributed by atoms with Crippen LogP contribution in [0.4, 0.5) is 0 Å². The molecule has 1 heterocycles. The van der Waals surface area contributed by atoms with E-state index in [2.05, 4.69) is 53.7 Å². The van der Waals surface area contributed by atoms with E-state index in [1.807, 2.05) is 11.3 Å². The maximum absolute atomic E-state index is 2.35. The Balaban J connectivity index is 3.06. The zero-order valence-electron chi connectivity index (χ0n) is 10.1. The van der Waals surface area contributed by atoms with Gasteiger partial charge in [-0.2, -0.15) is 0 Å². The molecule has 0 saturated heterocycles. The molecule has 0 saturated carbocycles. The predicted octanol–water partition coefficient (Wildman–Crippen LogP) is 4.81. The Labute approximate surface area is 91.7 Å². The summed E-state index contributed by atoms with van der Waals surface area (Å²) in [5.41, 5.74) is 3.09. The van der Waals surface area contributed by atoms with Gasteiger partial charge < -0.3 is 0 Å². The van der Waals surface area contributed by atoms with Gasteiger partial charge >= 0.3 is 0 Å². The molecule has 0 amide bonds. The van der Waals surface area contributed by atoms with E-state index in [0.717, 1.165) is 0 Å². The molecule has 0 fully saturated rings. The van der Waals surface area contributed by atoms with Gasteiger partial charge in [0.2, 0.25) is 0 Å². The fourth-order valence-electron chi connectivity index (χ4n) is 1.75. The summed E-state index contributed by atoms with van der Waals surface area (Å²) < 4.78 is 0. The molecule has 78 valence electrons. The van der Waals surface area contributed by atoms with Gasteiger partial charge in [-0.05, 0) is 43.4 Å². The fraction of sp³-hybridized carbons (Fsp3) is 0.538. The molecule has 1 aromatic rings. The van der Waals surface area contributed by atoms with E-state index in [4.69, 9.17) is 0 Å². The topological polar surface area (TPSA) is 0 Å². The zero-order valence-corrected chi connectivity index (χ0v) is 10.9. The summed E-state index contributed by atoms with van der Waals surface area (Å²) in [6.45, 7) is 13.3. The molecule has 0 radical (unpaired) electrons. The van der Waals surface area contributed by atoms with Crippen molar-refractivity contribution in [1.29, 1.82) is 0 Å². The number of rotatable bonds is 1. The van der Waals surface area contributed by atoms with Crippen molar-refractivity contribution in [2.24, 2.45) is 5.41 Å². The van der Waals surface area contributed by atoms with Crippen LogP contribution < -0.4 is 0 Å². The first-order valence-electron chi connectivity index (χ1n) is 5.06. The monoisotopic (exact) mass is 208 g/mol. The van der Waals surface area contributed by atoms with Crippen LogP contribution in [0.15, 0.2) is 12.1 Å². The van der Waals surface area contributed by atoms with Crippen molar-refractivity contribution >= 4 is 16.9 Å². The number of hydrogen-bond donors (Lipinski definition) is 0. The van der Waals surface area contributed by atoms with Crippen LogP contribution >= 0.6 is 11.3 Å². The summed E-state index contributed by atoms with van der Waals surface area (Å²) in [5.74, 6) is 0. The first kappa shape index (κ1) is 11.5. The third-order valence-corrected chi connectivity index (χ3v) is 3.08. The molecule has 0 N–H and O–H groups in total. The number of aryl methyl sites for hydroxylation is 2. The van der Waals surface area contributed by atoms with Gasteiger partial charge in [-0.15, -0.1) is 11.3 Å². The molecule has 1 rings (SSSR count). The van der Waals surface area contributed by atoms with Crippen LogP contribution in [0, 0.1) is 19.3 Å². The molecule has 0 aliphatic rings. The lowest BCUT2D eigenvalue weighted by Crippen LogP contribution is -2.00. The van der Waals surface area contributed by atoms with Crippen LogP contribution in [0.2, 0.25) is 0 Å². The van der Waals surface area contributed by atoms with E-state index < -0.39 is 0 Å². The first-order chi connectivity index (χ1) is 6.29. The third kappa shape index (κ3) is 2.98. The standard InChI is InChI=1S/C13H20S/c1-9(8-13(4,5)6)12-7-10(2)14-11(12)3/h7-8H,1-6H3/b9-8+. The Kier molecular flexibility index (Phi) is 3.20. The van der Waals surface area contributed by atoms with Crippen molar-refractivity contribution in [3.63, 3.8) is 0 Å². The molecule has 14 heavy (non-hydrogen) atoms. The molecule has 0 nitrogen and oxygen atoms in total. The average molecular weight is 208 g/mol. The van der Waals surface area contributed by atoms with E-state index >= 15 is 0 Å². The summed E-state index contributed by atoms with van der Waals surface area (Å²) in [6, 6.07) is 2.29. The van der Waals surface area contributed by atoms with E-state index in [-0.39, 0.29) is 5.41 Å². The molecule has 1 aromatic heterocycles. The minimum Gasteiger partial charge on any atom is -0.145 e. The van der Waals surface area contributed by atoms with Crippen molar-refractivity contribution in [1.82, 2.24) is 0 Å². The normalized spacial score (nSPS) is 13.4. The van der Waals surface area contributed by atoms with Crippen molar-refractivity contribution < 1.29 is 0 Å². The average Bonchev–Trinajstić information content (AvgIpc) is 2.26. The van der Waals surface area contributed by atoms with Gasteiger partial charge in [-0.25, -0.2) is 0 Å². The highest BCUT2D eigenvalue weighted by molar-refractivity contribution is 7.12. The number of allylic oxidation sites excluding steroid dienone is 2. The van der Waals surface area contributed by atoms with Gasteiger partial charge in [-0.1, -0.05) is 26.8 Å². The second kappa shape index (κ2) is 3.90. The van der Waals surface area contributed by atoms with Crippen molar-refractivity contribution in [2.45, 2.75) is 41.5 Å². The molecule has 0 spiro atoms. The zero-order chi connectivity index (χ0) is 10.9. The lowest BCUT2D eigenvalue weighted by atomic mass is 9.92. The van der Waals surface area contributed by atoms with Crippen LogP contribution in [-0.4, -0.2) is 0 Å². The van der Waals surface area contributed by atoms with E-state index in [1.165, 1.54) is 20.9 Å². The van der Waals surface area contributed by atoms with E-state index in [0.29, 0.717) is 0 Å². The van der Waals surface area contributed by atoms with Crippen LogP contribution in [-0.2, 0) is 0 Å². The Bertz CT molecular complexity index is 348. The predicted molar refractivity (Wildman–Crippen MR) is 66.9 cm³/mol. The molecule has 0 unspecified atom stereocenters. The molecule has 0 aliphatic heterocycles. The minimum absolute atomic E-state index is 0.270. The maximum atomic E-state index is 2.35. The third-order valence-electron chi connectivity index (χ3n) is 2.12. The molecular formula is C13H20S. The molecule has 0 aromatic carbocycles. The summed E-state index contributed by atoms with van der Waals surface area (Å²) in [6.07, 6.45) is 2.35. The lowest BCUT2D eigenvalue weighted by molar-refractivity contribution is 0.545. The Morgan fingerprint density at radius 3 is 2.21 bits per heavy atom. The highest BCUT2D eigenvalue weighted by Gasteiger charge is 2.10. The van der Waals surface area contributed by atoms with E-state index in [1.54, 1.807) is 0 Å². The van der Waals surface area contributed by atoms with Crippen LogP contribution in [0.3, 0.4) is 0 Å². The molecule has 1 heteroatoms. The van der Waals surface area contributed by atoms with Crippen molar-refractivity contribution in [3.05, 3.63) is 27.5 Å². The number of hydrogen-bond acceptors (Lipinski definition) is 1. The second-order valence-corrected chi connectivity index (χ2v) is 6.48. The summed E-state index contributed by atoms with van der Waals surface area (Å²) in [4.78, 5) is 2.83. The maximum Gasteiger partial charge on any atom is 0.00919 e. The SMILES string of the molecule is C/C(=C\C(C)(C)C)c1cc(C)sc1C. The van der Waals surface area contributed by atoms with Gasteiger partial charge in [0.25, 0.3) is 0 Å².